The molecule has 0 radical (unpaired) electrons. The average molecular weight is 413 g/mol. The molecule has 0 unspecified atom stereocenters. The number of carboxylic acid groups (broad SMARTS) is 2. The van der Waals surface area contributed by atoms with Gasteiger partial charge in [0.2, 0.25) is 0 Å². The van der Waals surface area contributed by atoms with Gasteiger partial charge in [-0.05, 0) is 17.5 Å². The van der Waals surface area contributed by atoms with Crippen LogP contribution in [0.3, 0.4) is 0 Å². The first-order chi connectivity index (χ1) is 12.6. The van der Waals surface area contributed by atoms with Crippen LogP contribution in [0.15, 0.2) is 36.4 Å². The van der Waals surface area contributed by atoms with Crippen molar-refractivity contribution in [2.75, 3.05) is 5.73 Å². The van der Waals surface area contributed by atoms with Gasteiger partial charge in [0.1, 0.15) is 5.84 Å². The fourth-order valence-corrected chi connectivity index (χ4v) is 1.46. The van der Waals surface area contributed by atoms with Crippen molar-refractivity contribution in [1.82, 2.24) is 0 Å². The van der Waals surface area contributed by atoms with Gasteiger partial charge in [-0.1, -0.05) is 24.3 Å². The lowest BCUT2D eigenvalue weighted by atomic mass is 10.1. The first-order valence-electron chi connectivity index (χ1n) is 6.80. The predicted molar refractivity (Wildman–Crippen MR) is 86.8 cm³/mol. The van der Waals surface area contributed by atoms with E-state index >= 15 is 0 Å². The zero-order valence-electron chi connectivity index (χ0n) is 13.6. The second kappa shape index (κ2) is 9.43. The Kier molecular flexibility index (Phi) is 8.25. The molecule has 7 N–H and O–H groups in total. The van der Waals surface area contributed by atoms with Crippen LogP contribution < -0.4 is 11.5 Å². The van der Waals surface area contributed by atoms with E-state index in [0.717, 1.165) is 10.8 Å². The molecule has 2 rings (SSSR count). The summed E-state index contributed by atoms with van der Waals surface area (Å²) in [6.07, 6.45) is -10.2. The first kappa shape index (κ1) is 24.5. The Bertz CT molecular complexity index is 841. The molecular weight excluding hydrogens is 400 g/mol. The van der Waals surface area contributed by atoms with Gasteiger partial charge in [-0.25, -0.2) is 9.59 Å². The monoisotopic (exact) mass is 413 g/mol. The zero-order valence-corrected chi connectivity index (χ0v) is 13.6. The Morgan fingerprint density at radius 3 is 1.68 bits per heavy atom. The van der Waals surface area contributed by atoms with Crippen LogP contribution in [0.25, 0.3) is 10.8 Å². The quantitative estimate of drug-likeness (QED) is 0.210. The van der Waals surface area contributed by atoms with Crippen LogP contribution in [0.2, 0.25) is 0 Å². The van der Waals surface area contributed by atoms with Crippen LogP contribution in [0.4, 0.5) is 32.0 Å². The number of alkyl halides is 6. The summed E-state index contributed by atoms with van der Waals surface area (Å²) in [4.78, 5) is 17.8. The van der Waals surface area contributed by atoms with E-state index in [2.05, 4.69) is 0 Å². The van der Waals surface area contributed by atoms with Crippen molar-refractivity contribution in [3.63, 3.8) is 0 Å². The number of benzene rings is 2. The van der Waals surface area contributed by atoms with Crippen LogP contribution >= 0.6 is 0 Å². The number of carbonyl (C=O) groups is 2. The molecule has 0 saturated carbocycles. The highest BCUT2D eigenvalue weighted by Gasteiger charge is 2.38. The Morgan fingerprint density at radius 1 is 0.893 bits per heavy atom. The maximum atomic E-state index is 10.6. The number of hydrogen-bond donors (Lipinski definition) is 5. The average Bonchev–Trinajstić information content (AvgIpc) is 2.54. The van der Waals surface area contributed by atoms with Crippen LogP contribution in [0.5, 0.6) is 0 Å². The van der Waals surface area contributed by atoms with E-state index in [9.17, 15) is 26.3 Å². The molecule has 13 heteroatoms. The molecule has 0 bridgehead atoms. The van der Waals surface area contributed by atoms with E-state index < -0.39 is 24.3 Å². The minimum Gasteiger partial charge on any atom is -0.475 e. The Labute approximate surface area is 152 Å². The van der Waals surface area contributed by atoms with E-state index in [1.165, 1.54) is 0 Å². The summed E-state index contributed by atoms with van der Waals surface area (Å²) in [6, 6.07) is 11.3. The molecule has 0 saturated heterocycles. The van der Waals surface area contributed by atoms with Crippen molar-refractivity contribution in [3.05, 3.63) is 42.0 Å². The highest BCUT2D eigenvalue weighted by molar-refractivity contribution is 6.02. The van der Waals surface area contributed by atoms with Gasteiger partial charge in [-0.3, -0.25) is 5.41 Å². The van der Waals surface area contributed by atoms with E-state index in [0.29, 0.717) is 11.3 Å². The molecular formula is C15H13F6N3O4. The summed E-state index contributed by atoms with van der Waals surface area (Å²) < 4.78 is 63.5. The number of nitrogens with two attached hydrogens (primary N) is 2. The molecule has 0 aliphatic heterocycles. The highest BCUT2D eigenvalue weighted by Crippen LogP contribution is 2.21. The lowest BCUT2D eigenvalue weighted by Crippen LogP contribution is -2.21. The topological polar surface area (TPSA) is 150 Å². The lowest BCUT2D eigenvalue weighted by molar-refractivity contribution is -0.193. The van der Waals surface area contributed by atoms with Gasteiger partial charge in [-0.2, -0.15) is 26.3 Å². The molecule has 2 aromatic rings. The molecule has 0 fully saturated rings. The number of fused-ring (bicyclic) bond motifs is 1. The largest absolute Gasteiger partial charge is 0.490 e. The molecule has 0 heterocycles. The zero-order chi connectivity index (χ0) is 22.3. The highest BCUT2D eigenvalue weighted by atomic mass is 19.4. The Morgan fingerprint density at radius 2 is 1.32 bits per heavy atom. The first-order valence-corrected chi connectivity index (χ1v) is 6.80. The molecule has 7 nitrogen and oxygen atoms in total. The van der Waals surface area contributed by atoms with Gasteiger partial charge < -0.3 is 21.7 Å². The third-order valence-electron chi connectivity index (χ3n) is 2.71. The van der Waals surface area contributed by atoms with Crippen molar-refractivity contribution in [3.8, 4) is 0 Å². The van der Waals surface area contributed by atoms with Gasteiger partial charge in [-0.15, -0.1) is 0 Å². The summed E-state index contributed by atoms with van der Waals surface area (Å²) in [7, 11) is 0. The third kappa shape index (κ3) is 8.25. The van der Waals surface area contributed by atoms with E-state index in [1.54, 1.807) is 0 Å². The molecule has 0 spiro atoms. The number of nitrogen functional groups attached to an aromatic ring is 2. The van der Waals surface area contributed by atoms with Crippen molar-refractivity contribution in [2.24, 2.45) is 5.73 Å². The van der Waals surface area contributed by atoms with Crippen molar-refractivity contribution >= 4 is 34.2 Å². The maximum absolute atomic E-state index is 10.6. The molecule has 0 aliphatic carbocycles. The Hall–Kier alpha value is -3.51. The summed E-state index contributed by atoms with van der Waals surface area (Å²) in [5, 5.41) is 23.6. The van der Waals surface area contributed by atoms with Gasteiger partial charge >= 0.3 is 24.3 Å². The molecule has 154 valence electrons. The van der Waals surface area contributed by atoms with Crippen LogP contribution in [0.1, 0.15) is 5.56 Å². The third-order valence-corrected chi connectivity index (χ3v) is 2.71. The van der Waals surface area contributed by atoms with Crippen molar-refractivity contribution < 1.29 is 46.1 Å². The maximum Gasteiger partial charge on any atom is 0.490 e. The fraction of sp³-hybridized carbons (Fsp3) is 0.133. The summed E-state index contributed by atoms with van der Waals surface area (Å²) >= 11 is 0. The number of nitrogens with one attached hydrogen (secondary N) is 1. The summed E-state index contributed by atoms with van der Waals surface area (Å²) in [5.41, 5.74) is 12.6. The van der Waals surface area contributed by atoms with E-state index in [-0.39, 0.29) is 5.84 Å². The van der Waals surface area contributed by atoms with E-state index in [4.69, 9.17) is 36.7 Å². The number of anilines is 1. The molecule has 0 aliphatic rings. The van der Waals surface area contributed by atoms with Gasteiger partial charge in [0.05, 0.1) is 0 Å². The van der Waals surface area contributed by atoms with Crippen LogP contribution in [0, 0.1) is 5.41 Å². The molecule has 2 aromatic carbocycles. The minimum absolute atomic E-state index is 0.0650. The second-order valence-electron chi connectivity index (χ2n) is 4.80. The van der Waals surface area contributed by atoms with E-state index in [1.807, 2.05) is 36.4 Å². The predicted octanol–water partition coefficient (Wildman–Crippen LogP) is 2.97. The fourth-order valence-electron chi connectivity index (χ4n) is 1.46. The Balaban J connectivity index is 0.000000444. The normalized spacial score (nSPS) is 10.8. The van der Waals surface area contributed by atoms with Gasteiger partial charge in [0.15, 0.2) is 0 Å². The van der Waals surface area contributed by atoms with Crippen molar-refractivity contribution in [2.45, 2.75) is 12.4 Å². The lowest BCUT2D eigenvalue weighted by Gasteiger charge is -2.04. The molecule has 0 aromatic heterocycles. The van der Waals surface area contributed by atoms with Crippen LogP contribution in [-0.4, -0.2) is 40.3 Å². The summed E-state index contributed by atoms with van der Waals surface area (Å²) in [6.45, 7) is 0. The second-order valence-corrected chi connectivity index (χ2v) is 4.80. The standard InChI is InChI=1S/C11H11N3.2C2HF3O2/c12-10-3-1-2-7-4-5-8(11(13)14)6-9(7)10;2*3-2(4,5)1(6)7/h1-6H,12H2,(H3,13,14);2*(H,6,7). The minimum atomic E-state index is -5.08. The molecule has 28 heavy (non-hydrogen) atoms. The SMILES string of the molecule is N=C(N)c1ccc2cccc(N)c2c1.O=C(O)C(F)(F)F.O=C(O)C(F)(F)F. The number of halogens is 6. The van der Waals surface area contributed by atoms with Crippen molar-refractivity contribution in [1.29, 1.82) is 5.41 Å². The molecule has 0 atom stereocenters. The summed E-state index contributed by atoms with van der Waals surface area (Å²) in [5.74, 6) is -5.45. The smallest absolute Gasteiger partial charge is 0.475 e. The number of carboxylic acids is 2. The van der Waals surface area contributed by atoms with Crippen LogP contribution in [-0.2, 0) is 9.59 Å². The molecule has 0 amide bonds. The number of aliphatic carboxylic acids is 2. The van der Waals surface area contributed by atoms with Gasteiger partial charge in [0.25, 0.3) is 0 Å². The number of hydrogen-bond acceptors (Lipinski definition) is 4. The van der Waals surface area contributed by atoms with Gasteiger partial charge in [0, 0.05) is 16.6 Å². The number of amidine groups is 1. The number of rotatable bonds is 1.